The number of rotatable bonds is 5. The minimum Gasteiger partial charge on any atom is -0.487 e. The van der Waals surface area contributed by atoms with Crippen LogP contribution in [0.3, 0.4) is 0 Å². The van der Waals surface area contributed by atoms with E-state index in [1.165, 1.54) is 0 Å². The molecule has 10 nitrogen and oxygen atoms in total. The molecule has 0 N–H and O–H groups in total. The molecule has 1 aromatic heterocycles. The molecule has 1 saturated heterocycles. The van der Waals surface area contributed by atoms with Gasteiger partial charge < -0.3 is 9.22 Å². The van der Waals surface area contributed by atoms with Crippen molar-refractivity contribution in [1.82, 2.24) is 15.0 Å². The van der Waals surface area contributed by atoms with E-state index < -0.39 is 12.1 Å². The Morgan fingerprint density at radius 3 is 2.36 bits per heavy atom. The van der Waals surface area contributed by atoms with Crippen molar-refractivity contribution in [2.24, 2.45) is 10.2 Å². The number of benzene rings is 1. The number of amides is 4. The molecule has 4 amide bonds. The van der Waals surface area contributed by atoms with Gasteiger partial charge in [-0.25, -0.2) is 19.2 Å². The second-order valence-electron chi connectivity index (χ2n) is 7.69. The normalized spacial score (nSPS) is 19.4. The summed E-state index contributed by atoms with van der Waals surface area (Å²) < 4.78 is 8.74. The van der Waals surface area contributed by atoms with Crippen molar-refractivity contribution in [1.29, 1.82) is 0 Å². The molecule has 1 aromatic carbocycles. The highest BCUT2D eigenvalue weighted by atomic mass is 16.5. The molecular weight excluding hydrogens is 362 g/mol. The number of nitrogens with zero attached hydrogens (tertiary/aromatic N) is 7. The smallest absolute Gasteiger partial charge is 0.375 e. The summed E-state index contributed by atoms with van der Waals surface area (Å²) in [5.74, 6) is 0.600. The first-order chi connectivity index (χ1) is 13.4. The van der Waals surface area contributed by atoms with Crippen LogP contribution >= 0.6 is 0 Å². The fourth-order valence-corrected chi connectivity index (χ4v) is 3.40. The maximum absolute atomic E-state index is 11.5. The van der Waals surface area contributed by atoms with E-state index in [9.17, 15) is 9.59 Å². The van der Waals surface area contributed by atoms with Crippen LogP contribution in [0.5, 0.6) is 5.75 Å². The number of likely N-dealkylation sites (tertiary alicyclic amines) is 1. The van der Waals surface area contributed by atoms with Gasteiger partial charge in [0.05, 0.1) is 45.1 Å². The van der Waals surface area contributed by atoms with Gasteiger partial charge in [-0.05, 0) is 24.3 Å². The standard InChI is InChI=1S/C18H22N7O3/c1-25(2)9-7-14(8-10-25)23-11-13(19-22-23)12-28-16-5-3-15(4-6-16)24-17(26)20-21-18(24)27/h3-6,11,14H,7-10,12H2,1-2H3/q+1. The fourth-order valence-electron chi connectivity index (χ4n) is 3.40. The molecule has 0 atom stereocenters. The molecule has 2 aliphatic rings. The van der Waals surface area contributed by atoms with Crippen LogP contribution in [0.2, 0.25) is 0 Å². The molecule has 0 saturated carbocycles. The van der Waals surface area contributed by atoms with Gasteiger partial charge in [0, 0.05) is 12.8 Å². The summed E-state index contributed by atoms with van der Waals surface area (Å²) in [4.78, 5) is 24.0. The largest absolute Gasteiger partial charge is 0.487 e. The van der Waals surface area contributed by atoms with Crippen molar-refractivity contribution in [3.05, 3.63) is 36.2 Å². The van der Waals surface area contributed by atoms with Crippen molar-refractivity contribution in [2.75, 3.05) is 32.1 Å². The molecule has 10 heteroatoms. The van der Waals surface area contributed by atoms with Crippen LogP contribution < -0.4 is 9.64 Å². The summed E-state index contributed by atoms with van der Waals surface area (Å²) in [6.07, 6.45) is 4.12. The Labute approximate surface area is 162 Å². The van der Waals surface area contributed by atoms with E-state index in [1.54, 1.807) is 24.3 Å². The number of carbonyl (C=O) groups is 2. The number of ether oxygens (including phenoxy) is 1. The van der Waals surface area contributed by atoms with Gasteiger partial charge in [-0.3, -0.25) is 0 Å². The number of imide groups is 1. The number of quaternary nitrogens is 1. The van der Waals surface area contributed by atoms with Crippen LogP contribution in [-0.4, -0.2) is 58.7 Å². The molecule has 2 aromatic rings. The Hall–Kier alpha value is -3.14. The maximum Gasteiger partial charge on any atom is 0.375 e. The van der Waals surface area contributed by atoms with Crippen LogP contribution in [0.1, 0.15) is 24.6 Å². The van der Waals surface area contributed by atoms with Crippen LogP contribution in [0.15, 0.2) is 40.7 Å². The van der Waals surface area contributed by atoms with Crippen molar-refractivity contribution < 1.29 is 18.8 Å². The van der Waals surface area contributed by atoms with E-state index in [1.807, 2.05) is 10.9 Å². The van der Waals surface area contributed by atoms with Gasteiger partial charge in [0.25, 0.3) is 0 Å². The minimum absolute atomic E-state index is 0.292. The SMILES string of the molecule is C[N+]1(C)CCC(n2cc(COc3ccc(N4C(=O)N=NC4=O)cc3)nn2)CC1. The van der Waals surface area contributed by atoms with E-state index in [-0.39, 0.29) is 0 Å². The van der Waals surface area contributed by atoms with Crippen LogP contribution in [0.4, 0.5) is 15.3 Å². The second-order valence-corrected chi connectivity index (χ2v) is 7.69. The van der Waals surface area contributed by atoms with Gasteiger partial charge in [0.1, 0.15) is 18.1 Å². The van der Waals surface area contributed by atoms with Gasteiger partial charge in [-0.15, -0.1) is 5.10 Å². The van der Waals surface area contributed by atoms with E-state index in [0.29, 0.717) is 24.1 Å². The molecule has 3 heterocycles. The Morgan fingerprint density at radius 1 is 1.07 bits per heavy atom. The zero-order valence-electron chi connectivity index (χ0n) is 15.9. The average Bonchev–Trinajstić information content (AvgIpc) is 3.27. The predicted molar refractivity (Wildman–Crippen MR) is 99.0 cm³/mol. The Bertz CT molecular complexity index is 892. The number of piperidine rings is 1. The van der Waals surface area contributed by atoms with E-state index >= 15 is 0 Å². The molecule has 0 bridgehead atoms. The van der Waals surface area contributed by atoms with E-state index in [2.05, 4.69) is 34.6 Å². The molecule has 2 aliphatic heterocycles. The number of hydrogen-bond donors (Lipinski definition) is 0. The molecule has 0 aliphatic carbocycles. The monoisotopic (exact) mass is 384 g/mol. The highest BCUT2D eigenvalue weighted by Gasteiger charge is 2.29. The lowest BCUT2D eigenvalue weighted by Crippen LogP contribution is -2.46. The minimum atomic E-state index is -0.694. The quantitative estimate of drug-likeness (QED) is 0.738. The zero-order chi connectivity index (χ0) is 19.7. The van der Waals surface area contributed by atoms with E-state index in [4.69, 9.17) is 4.74 Å². The average molecular weight is 384 g/mol. The lowest BCUT2D eigenvalue weighted by molar-refractivity contribution is -0.895. The maximum atomic E-state index is 11.5. The Kier molecular flexibility index (Phi) is 4.63. The highest BCUT2D eigenvalue weighted by molar-refractivity contribution is 6.17. The number of azo groups is 1. The number of carbonyl (C=O) groups excluding carboxylic acids is 2. The van der Waals surface area contributed by atoms with Crippen LogP contribution in [-0.2, 0) is 6.61 Å². The van der Waals surface area contributed by atoms with Crippen molar-refractivity contribution >= 4 is 17.7 Å². The lowest BCUT2D eigenvalue weighted by Gasteiger charge is -2.36. The molecule has 4 rings (SSSR count). The first-order valence-electron chi connectivity index (χ1n) is 9.17. The third-order valence-corrected chi connectivity index (χ3v) is 5.15. The number of anilines is 1. The van der Waals surface area contributed by atoms with Gasteiger partial charge in [-0.1, -0.05) is 15.4 Å². The number of urea groups is 2. The second kappa shape index (κ2) is 7.12. The summed E-state index contributed by atoms with van der Waals surface area (Å²) in [6, 6.07) is 5.58. The molecular formula is C18H22N7O3+. The molecule has 28 heavy (non-hydrogen) atoms. The number of aromatic nitrogens is 3. The van der Waals surface area contributed by atoms with Crippen LogP contribution in [0.25, 0.3) is 0 Å². The van der Waals surface area contributed by atoms with Gasteiger partial charge >= 0.3 is 12.1 Å². The van der Waals surface area contributed by atoms with Crippen molar-refractivity contribution in [2.45, 2.75) is 25.5 Å². The third-order valence-electron chi connectivity index (χ3n) is 5.15. The fraction of sp³-hybridized carbons (Fsp3) is 0.444. The van der Waals surface area contributed by atoms with Gasteiger partial charge in [-0.2, -0.15) is 0 Å². The van der Waals surface area contributed by atoms with Crippen molar-refractivity contribution in [3.8, 4) is 5.75 Å². The van der Waals surface area contributed by atoms with Gasteiger partial charge in [0.2, 0.25) is 0 Å². The zero-order valence-corrected chi connectivity index (χ0v) is 15.9. The highest BCUT2D eigenvalue weighted by Crippen LogP contribution is 2.25. The number of hydrogen-bond acceptors (Lipinski definition) is 5. The molecule has 0 unspecified atom stereocenters. The topological polar surface area (TPSA) is 102 Å². The van der Waals surface area contributed by atoms with Gasteiger partial charge in [0.15, 0.2) is 0 Å². The Balaban J connectivity index is 1.33. The molecule has 0 radical (unpaired) electrons. The van der Waals surface area contributed by atoms with E-state index in [0.717, 1.165) is 41.0 Å². The summed E-state index contributed by atoms with van der Waals surface area (Å²) >= 11 is 0. The lowest BCUT2D eigenvalue weighted by atomic mass is 10.0. The first-order valence-corrected chi connectivity index (χ1v) is 9.17. The molecule has 146 valence electrons. The summed E-state index contributed by atoms with van der Waals surface area (Å²) in [7, 11) is 4.50. The molecule has 1 fully saturated rings. The first kappa shape index (κ1) is 18.2. The third kappa shape index (κ3) is 3.77. The van der Waals surface area contributed by atoms with Crippen molar-refractivity contribution in [3.63, 3.8) is 0 Å². The Morgan fingerprint density at radius 2 is 1.71 bits per heavy atom. The summed E-state index contributed by atoms with van der Waals surface area (Å²) in [5, 5.41) is 14.9. The van der Waals surface area contributed by atoms with Crippen LogP contribution in [0, 0.1) is 0 Å². The predicted octanol–water partition coefficient (Wildman–Crippen LogP) is 2.78. The molecule has 0 spiro atoms. The summed E-state index contributed by atoms with van der Waals surface area (Å²) in [5.41, 5.74) is 1.16. The summed E-state index contributed by atoms with van der Waals surface area (Å²) in [6.45, 7) is 2.55.